The fourth-order valence-corrected chi connectivity index (χ4v) is 8.35. The molecular weight excluding hydrogens is 955 g/mol. The zero-order valence-corrected chi connectivity index (χ0v) is 44.5. The van der Waals surface area contributed by atoms with E-state index < -0.39 is 108 Å². The number of unbranched alkanes of at least 4 members (excludes halogenated alkanes) is 1. The lowest BCUT2D eigenvalue weighted by Crippen LogP contribution is -2.61. The summed E-state index contributed by atoms with van der Waals surface area (Å²) in [6.07, 6.45) is 1.35. The van der Waals surface area contributed by atoms with Gasteiger partial charge in [-0.25, -0.2) is 0 Å². The SMILES string of the molecule is CC(C)CCCCC(O)CC(=O)N[C@H](CCN)C(=O)NC1CCNC(=O)C(CC(C)C)NC(=O)[C@H](CCN)NC(=O)[C@H](CCN)NC(=O)[C@H](CC(C)C)NC(=O)[C@@H](Cc2ccccc2)NC(=O)C(CCN)NC1=O. The molecular formula is C51H89N13O10. The molecule has 0 spiro atoms. The van der Waals surface area contributed by atoms with E-state index in [0.29, 0.717) is 24.3 Å². The second kappa shape index (κ2) is 34.7. The standard InChI is InChI=1S/C51H89N13O10/c1-30(2)12-10-11-15-34(65)29-43(66)57-35(16-21-52)45(68)61-39-20-25-56-44(67)40(26-31(3)4)62-47(70)37(18-23-54)58-46(69)36(17-22-53)60-50(73)41(27-32(5)6)63-51(74)42(28-33-13-8-7-9-14-33)64-48(71)38(19-24-55)59-49(39)72/h7-9,13-14,30-32,34-42,65H,10-12,15-29,52-55H2,1-6H3,(H,56,67)(H,57,66)(H,58,69)(H,59,72)(H,60,73)(H,61,68)(H,62,70)(H,63,74)(H,64,71)/t34?,35-,36+,37+,38?,39?,40?,41+,42-/m1/s1. The minimum atomic E-state index is -1.47. The van der Waals surface area contributed by atoms with Gasteiger partial charge in [0.05, 0.1) is 12.5 Å². The van der Waals surface area contributed by atoms with Crippen LogP contribution in [0.25, 0.3) is 0 Å². The van der Waals surface area contributed by atoms with Gasteiger partial charge in [-0.05, 0) is 101 Å². The van der Waals surface area contributed by atoms with Crippen LogP contribution in [0.3, 0.4) is 0 Å². The molecule has 418 valence electrons. The lowest BCUT2D eigenvalue weighted by molar-refractivity contribution is -0.136. The lowest BCUT2D eigenvalue weighted by Gasteiger charge is -2.28. The Balaban J connectivity index is 2.68. The number of hydrogen-bond acceptors (Lipinski definition) is 14. The third-order valence-corrected chi connectivity index (χ3v) is 12.3. The predicted molar refractivity (Wildman–Crippen MR) is 281 cm³/mol. The average molecular weight is 1040 g/mol. The van der Waals surface area contributed by atoms with E-state index in [9.17, 15) is 48.3 Å². The topological polar surface area (TPSA) is 386 Å². The molecule has 1 aromatic rings. The summed E-state index contributed by atoms with van der Waals surface area (Å²) in [6.45, 7) is 11.0. The van der Waals surface area contributed by atoms with Crippen molar-refractivity contribution in [2.75, 3.05) is 32.7 Å². The minimum Gasteiger partial charge on any atom is -0.393 e. The van der Waals surface area contributed by atoms with Crippen molar-refractivity contribution < 1.29 is 48.3 Å². The fraction of sp³-hybridized carbons (Fsp3) is 0.706. The second-order valence-corrected chi connectivity index (χ2v) is 20.4. The van der Waals surface area contributed by atoms with Crippen LogP contribution in [-0.2, 0) is 49.6 Å². The van der Waals surface area contributed by atoms with Gasteiger partial charge in [0.15, 0.2) is 0 Å². The maximum atomic E-state index is 14.4. The molecule has 1 aromatic carbocycles. The molecule has 1 heterocycles. The number of aliphatic hydroxyl groups excluding tert-OH is 1. The molecule has 1 fully saturated rings. The van der Waals surface area contributed by atoms with Crippen molar-refractivity contribution in [1.82, 2.24) is 47.9 Å². The molecule has 1 saturated heterocycles. The minimum absolute atomic E-state index is 0.0462. The van der Waals surface area contributed by atoms with Gasteiger partial charge in [-0.3, -0.25) is 43.2 Å². The maximum absolute atomic E-state index is 14.4. The Morgan fingerprint density at radius 1 is 0.568 bits per heavy atom. The van der Waals surface area contributed by atoms with E-state index in [-0.39, 0.29) is 102 Å². The highest BCUT2D eigenvalue weighted by molar-refractivity contribution is 5.98. The van der Waals surface area contributed by atoms with Crippen molar-refractivity contribution >= 4 is 53.2 Å². The summed E-state index contributed by atoms with van der Waals surface area (Å²) in [5.41, 5.74) is 24.2. The number of aliphatic hydroxyl groups is 1. The molecule has 1 aliphatic heterocycles. The Labute approximate surface area is 436 Å². The third-order valence-electron chi connectivity index (χ3n) is 12.3. The smallest absolute Gasteiger partial charge is 0.243 e. The molecule has 74 heavy (non-hydrogen) atoms. The van der Waals surface area contributed by atoms with Crippen LogP contribution >= 0.6 is 0 Å². The first-order valence-corrected chi connectivity index (χ1v) is 26.3. The van der Waals surface area contributed by atoms with Gasteiger partial charge >= 0.3 is 0 Å². The van der Waals surface area contributed by atoms with E-state index in [1.54, 1.807) is 30.3 Å². The lowest BCUT2D eigenvalue weighted by atomic mass is 10.00. The summed E-state index contributed by atoms with van der Waals surface area (Å²) < 4.78 is 0. The van der Waals surface area contributed by atoms with E-state index in [2.05, 4.69) is 61.7 Å². The van der Waals surface area contributed by atoms with Crippen LogP contribution in [0.1, 0.15) is 124 Å². The Bertz CT molecular complexity index is 1940. The third kappa shape index (κ3) is 24.5. The molecule has 9 amide bonds. The first-order valence-electron chi connectivity index (χ1n) is 26.3. The summed E-state index contributed by atoms with van der Waals surface area (Å²) in [4.78, 5) is 126. The summed E-state index contributed by atoms with van der Waals surface area (Å²) in [5, 5.41) is 34.7. The zero-order valence-electron chi connectivity index (χ0n) is 44.5. The van der Waals surface area contributed by atoms with Crippen molar-refractivity contribution in [1.29, 1.82) is 0 Å². The molecule has 0 bridgehead atoms. The largest absolute Gasteiger partial charge is 0.393 e. The van der Waals surface area contributed by atoms with Crippen LogP contribution < -0.4 is 70.8 Å². The van der Waals surface area contributed by atoms with Crippen LogP contribution in [-0.4, -0.2) is 145 Å². The van der Waals surface area contributed by atoms with Crippen LogP contribution in [0.4, 0.5) is 0 Å². The Kier molecular flexibility index (Phi) is 30.2. The molecule has 2 rings (SSSR count). The van der Waals surface area contributed by atoms with Crippen molar-refractivity contribution in [2.45, 2.75) is 179 Å². The Morgan fingerprint density at radius 2 is 1.01 bits per heavy atom. The van der Waals surface area contributed by atoms with E-state index in [1.165, 1.54) is 0 Å². The van der Waals surface area contributed by atoms with Crippen molar-refractivity contribution in [2.24, 2.45) is 40.7 Å². The van der Waals surface area contributed by atoms with Crippen LogP contribution in [0, 0.1) is 17.8 Å². The highest BCUT2D eigenvalue weighted by Gasteiger charge is 2.35. The van der Waals surface area contributed by atoms with Crippen LogP contribution in [0.15, 0.2) is 30.3 Å². The second-order valence-electron chi connectivity index (χ2n) is 20.4. The summed E-state index contributed by atoms with van der Waals surface area (Å²) >= 11 is 0. The molecule has 0 saturated carbocycles. The number of benzene rings is 1. The summed E-state index contributed by atoms with van der Waals surface area (Å²) in [6, 6.07) is -1.59. The molecule has 4 unspecified atom stereocenters. The van der Waals surface area contributed by atoms with Crippen LogP contribution in [0.2, 0.25) is 0 Å². The molecule has 23 nitrogen and oxygen atoms in total. The molecule has 0 aromatic heterocycles. The molecule has 23 heteroatoms. The van der Waals surface area contributed by atoms with Gasteiger partial charge in [-0.15, -0.1) is 0 Å². The maximum Gasteiger partial charge on any atom is 0.243 e. The number of amides is 9. The average Bonchev–Trinajstić information content (AvgIpc) is 3.33. The van der Waals surface area contributed by atoms with Gasteiger partial charge in [-0.2, -0.15) is 0 Å². The molecule has 0 aliphatic carbocycles. The van der Waals surface area contributed by atoms with Crippen molar-refractivity contribution in [3.8, 4) is 0 Å². The zero-order chi connectivity index (χ0) is 55.3. The van der Waals surface area contributed by atoms with Crippen molar-refractivity contribution in [3.05, 3.63) is 35.9 Å². The normalized spacial score (nSPS) is 23.1. The number of nitrogens with one attached hydrogen (secondary N) is 9. The summed E-state index contributed by atoms with van der Waals surface area (Å²) in [5.74, 6) is -6.59. The quantitative estimate of drug-likeness (QED) is 0.0503. The number of rotatable bonds is 24. The van der Waals surface area contributed by atoms with Gasteiger partial charge in [0.2, 0.25) is 53.2 Å². The molecule has 0 radical (unpaired) electrons. The van der Waals surface area contributed by atoms with E-state index >= 15 is 0 Å². The van der Waals surface area contributed by atoms with Gasteiger partial charge in [0.25, 0.3) is 0 Å². The molecule has 1 aliphatic rings. The molecule has 9 atom stereocenters. The first kappa shape index (κ1) is 64.4. The number of hydrogen-bond donors (Lipinski definition) is 14. The van der Waals surface area contributed by atoms with E-state index in [0.717, 1.165) is 12.8 Å². The monoisotopic (exact) mass is 1040 g/mol. The summed E-state index contributed by atoms with van der Waals surface area (Å²) in [7, 11) is 0. The van der Waals surface area contributed by atoms with Crippen molar-refractivity contribution in [3.63, 3.8) is 0 Å². The van der Waals surface area contributed by atoms with Gasteiger partial charge < -0.3 is 75.9 Å². The Hall–Kier alpha value is -5.75. The number of carbonyl (C=O) groups excluding carboxylic acids is 9. The predicted octanol–water partition coefficient (Wildman–Crippen LogP) is -1.92. The number of carbonyl (C=O) groups is 9. The van der Waals surface area contributed by atoms with Gasteiger partial charge in [0.1, 0.15) is 48.3 Å². The Morgan fingerprint density at radius 3 is 1.50 bits per heavy atom. The first-order chi connectivity index (χ1) is 35.1. The van der Waals surface area contributed by atoms with Gasteiger partial charge in [-0.1, -0.05) is 91.1 Å². The van der Waals surface area contributed by atoms with Crippen LogP contribution in [0.5, 0.6) is 0 Å². The highest BCUT2D eigenvalue weighted by atomic mass is 16.3. The highest BCUT2D eigenvalue weighted by Crippen LogP contribution is 2.14. The van der Waals surface area contributed by atoms with Gasteiger partial charge in [0, 0.05) is 13.0 Å². The molecule has 18 N–H and O–H groups in total. The fourth-order valence-electron chi connectivity index (χ4n) is 8.35. The number of nitrogens with two attached hydrogens (primary N) is 4. The van der Waals surface area contributed by atoms with E-state index in [1.807, 2.05) is 27.7 Å². The van der Waals surface area contributed by atoms with E-state index in [4.69, 9.17) is 22.9 Å².